The zero-order valence-electron chi connectivity index (χ0n) is 4.35. The lowest BCUT2D eigenvalue weighted by atomic mass is 10.1. The van der Waals surface area contributed by atoms with Crippen LogP contribution >= 0.6 is 0 Å². The van der Waals surface area contributed by atoms with Crippen molar-refractivity contribution < 1.29 is 14.0 Å². The molecule has 1 rings (SSSR count). The highest BCUT2D eigenvalue weighted by Gasteiger charge is 2.11. The van der Waals surface area contributed by atoms with Crippen molar-refractivity contribution in [3.8, 4) is 0 Å². The maximum absolute atomic E-state index is 12.0. The van der Waals surface area contributed by atoms with Crippen LogP contribution in [0.1, 0.15) is 0 Å². The summed E-state index contributed by atoms with van der Waals surface area (Å²) in [6.07, 6.45) is 3.56. The van der Waals surface area contributed by atoms with Crippen molar-refractivity contribution in [2.45, 2.75) is 0 Å². The molecule has 0 N–H and O–H groups in total. The van der Waals surface area contributed by atoms with Crippen LogP contribution in [-0.4, -0.2) is 11.6 Å². The van der Waals surface area contributed by atoms with E-state index >= 15 is 0 Å². The van der Waals surface area contributed by atoms with Crippen LogP contribution in [-0.2, 0) is 9.59 Å². The minimum absolute atomic E-state index is 0.605. The zero-order valence-corrected chi connectivity index (χ0v) is 4.35. The lowest BCUT2D eigenvalue weighted by Crippen LogP contribution is -2.03. The topological polar surface area (TPSA) is 34.1 Å². The van der Waals surface area contributed by atoms with Crippen LogP contribution < -0.4 is 0 Å². The molecule has 0 saturated carbocycles. The van der Waals surface area contributed by atoms with Gasteiger partial charge >= 0.3 is 0 Å². The minimum atomic E-state index is -1.11. The van der Waals surface area contributed by atoms with Crippen molar-refractivity contribution in [1.82, 2.24) is 0 Å². The molecule has 1 radical (unpaired) electrons. The minimum Gasteiger partial charge on any atom is -0.289 e. The van der Waals surface area contributed by atoms with Crippen LogP contribution in [0.4, 0.5) is 4.39 Å². The summed E-state index contributed by atoms with van der Waals surface area (Å²) in [6, 6.07) is 0. The van der Waals surface area contributed by atoms with E-state index in [0.29, 0.717) is 0 Å². The average molecular weight is 125 g/mol. The van der Waals surface area contributed by atoms with E-state index < -0.39 is 17.4 Å². The van der Waals surface area contributed by atoms with Crippen molar-refractivity contribution in [2.75, 3.05) is 0 Å². The van der Waals surface area contributed by atoms with Crippen LogP contribution in [0.15, 0.2) is 18.0 Å². The van der Waals surface area contributed by atoms with E-state index in [2.05, 4.69) is 0 Å². The standard InChI is InChI=1S/C6H2FO2/c7-5-3-4(8)1-2-6(5)9/h1-2H. The third-order valence-electron chi connectivity index (χ3n) is 0.835. The van der Waals surface area contributed by atoms with Crippen LogP contribution in [0, 0.1) is 6.08 Å². The van der Waals surface area contributed by atoms with Crippen LogP contribution in [0.3, 0.4) is 0 Å². The van der Waals surface area contributed by atoms with Gasteiger partial charge in [0.1, 0.15) is 0 Å². The fourth-order valence-electron chi connectivity index (χ4n) is 0.436. The van der Waals surface area contributed by atoms with Gasteiger partial charge in [-0.1, -0.05) is 0 Å². The van der Waals surface area contributed by atoms with Gasteiger partial charge in [-0.05, 0) is 12.2 Å². The first-order valence-corrected chi connectivity index (χ1v) is 2.26. The van der Waals surface area contributed by atoms with Gasteiger partial charge in [-0.15, -0.1) is 0 Å². The molecule has 9 heavy (non-hydrogen) atoms. The maximum Gasteiger partial charge on any atom is 0.215 e. The summed E-state index contributed by atoms with van der Waals surface area (Å²) >= 11 is 0. The molecule has 0 amide bonds. The summed E-state index contributed by atoms with van der Waals surface area (Å²) in [7, 11) is 0. The Hall–Kier alpha value is -1.25. The van der Waals surface area contributed by atoms with Gasteiger partial charge in [0.2, 0.25) is 5.78 Å². The number of hydrogen-bond acceptors (Lipinski definition) is 2. The summed E-state index contributed by atoms with van der Waals surface area (Å²) in [5.41, 5.74) is 0. The molecule has 0 spiro atoms. The molecule has 0 aromatic carbocycles. The fraction of sp³-hybridized carbons (Fsp3) is 0. The molecule has 0 heterocycles. The summed E-state index contributed by atoms with van der Waals surface area (Å²) in [5, 5.41) is 0. The van der Waals surface area contributed by atoms with Gasteiger partial charge in [-0.2, -0.15) is 0 Å². The second-order valence-corrected chi connectivity index (χ2v) is 1.50. The van der Waals surface area contributed by atoms with Crippen molar-refractivity contribution in [2.24, 2.45) is 0 Å². The number of carbonyl (C=O) groups is 2. The Morgan fingerprint density at radius 3 is 2.44 bits per heavy atom. The first-order chi connectivity index (χ1) is 4.20. The van der Waals surface area contributed by atoms with E-state index in [1.54, 1.807) is 6.08 Å². The summed E-state index contributed by atoms with van der Waals surface area (Å²) < 4.78 is 12.0. The second-order valence-electron chi connectivity index (χ2n) is 1.50. The van der Waals surface area contributed by atoms with E-state index in [-0.39, 0.29) is 0 Å². The lowest BCUT2D eigenvalue weighted by Gasteiger charge is -1.92. The number of hydrogen-bond donors (Lipinski definition) is 0. The number of carbonyl (C=O) groups excluding carboxylic acids is 2. The molecule has 0 bridgehead atoms. The largest absolute Gasteiger partial charge is 0.289 e. The molecule has 0 aliphatic heterocycles. The SMILES string of the molecule is O=C1[C]=C(F)C(=O)C=C1. The van der Waals surface area contributed by atoms with E-state index in [0.717, 1.165) is 12.2 Å². The summed E-state index contributed by atoms with van der Waals surface area (Å²) in [4.78, 5) is 20.4. The molecule has 0 fully saturated rings. The van der Waals surface area contributed by atoms with E-state index in [1.165, 1.54) is 0 Å². The molecular formula is C6H2FO2. The van der Waals surface area contributed by atoms with Crippen molar-refractivity contribution in [1.29, 1.82) is 0 Å². The number of rotatable bonds is 0. The highest BCUT2D eigenvalue weighted by molar-refractivity contribution is 6.14. The molecule has 0 atom stereocenters. The van der Waals surface area contributed by atoms with Gasteiger partial charge in [-0.3, -0.25) is 9.59 Å². The Balaban J connectivity index is 2.95. The van der Waals surface area contributed by atoms with E-state index in [9.17, 15) is 14.0 Å². The second kappa shape index (κ2) is 1.93. The van der Waals surface area contributed by atoms with E-state index in [1.807, 2.05) is 0 Å². The smallest absolute Gasteiger partial charge is 0.215 e. The van der Waals surface area contributed by atoms with Gasteiger partial charge < -0.3 is 0 Å². The van der Waals surface area contributed by atoms with Gasteiger partial charge in [0.05, 0.1) is 6.08 Å². The van der Waals surface area contributed by atoms with Gasteiger partial charge in [0.15, 0.2) is 11.6 Å². The quantitative estimate of drug-likeness (QED) is 0.438. The molecule has 1 aliphatic rings. The molecule has 3 heteroatoms. The van der Waals surface area contributed by atoms with Crippen LogP contribution in [0.2, 0.25) is 0 Å². The predicted octanol–water partition coefficient (Wildman–Crippen LogP) is 0.351. The monoisotopic (exact) mass is 125 g/mol. The van der Waals surface area contributed by atoms with Gasteiger partial charge in [-0.25, -0.2) is 4.39 Å². The Morgan fingerprint density at radius 1 is 1.33 bits per heavy atom. The molecule has 0 unspecified atom stereocenters. The summed E-state index contributed by atoms with van der Waals surface area (Å²) in [5.74, 6) is -2.51. The molecule has 0 aromatic heterocycles. The number of allylic oxidation sites excluding steroid dienone is 4. The van der Waals surface area contributed by atoms with Crippen molar-refractivity contribution >= 4 is 11.6 Å². The maximum atomic E-state index is 12.0. The molecule has 2 nitrogen and oxygen atoms in total. The summed E-state index contributed by atoms with van der Waals surface area (Å²) in [6.45, 7) is 0. The molecule has 0 aromatic rings. The number of halogens is 1. The zero-order chi connectivity index (χ0) is 6.85. The lowest BCUT2D eigenvalue weighted by molar-refractivity contribution is -0.116. The molecule has 45 valence electrons. The van der Waals surface area contributed by atoms with Crippen LogP contribution in [0.5, 0.6) is 0 Å². The highest BCUT2D eigenvalue weighted by Crippen LogP contribution is 2.03. The molecule has 0 saturated heterocycles. The Bertz CT molecular complexity index is 225. The predicted molar refractivity (Wildman–Crippen MR) is 27.0 cm³/mol. The number of ketones is 2. The molecule has 1 aliphatic carbocycles. The Labute approximate surface area is 50.7 Å². The van der Waals surface area contributed by atoms with Gasteiger partial charge in [0.25, 0.3) is 0 Å². The van der Waals surface area contributed by atoms with Crippen molar-refractivity contribution in [3.05, 3.63) is 24.1 Å². The van der Waals surface area contributed by atoms with Crippen molar-refractivity contribution in [3.63, 3.8) is 0 Å². The Morgan fingerprint density at radius 2 is 2.00 bits per heavy atom. The average Bonchev–Trinajstić information content (AvgIpc) is 1.80. The third-order valence-corrected chi connectivity index (χ3v) is 0.835. The van der Waals surface area contributed by atoms with Crippen LogP contribution in [0.25, 0.3) is 0 Å². The third kappa shape index (κ3) is 1.10. The first-order valence-electron chi connectivity index (χ1n) is 2.26. The molecular weight excluding hydrogens is 123 g/mol. The normalized spacial score (nSPS) is 18.1. The first kappa shape index (κ1) is 5.88. The van der Waals surface area contributed by atoms with E-state index in [4.69, 9.17) is 0 Å². The van der Waals surface area contributed by atoms with Gasteiger partial charge in [0, 0.05) is 0 Å². The fourth-order valence-corrected chi connectivity index (χ4v) is 0.436. The highest BCUT2D eigenvalue weighted by atomic mass is 19.1. The Kier molecular flexibility index (Phi) is 1.26.